The van der Waals surface area contributed by atoms with Crippen LogP contribution < -0.4 is 27.4 Å². The molecule has 0 aliphatic rings. The van der Waals surface area contributed by atoms with Gasteiger partial charge in [0.1, 0.15) is 18.1 Å². The van der Waals surface area contributed by atoms with Gasteiger partial charge in [-0.2, -0.15) is 12.6 Å². The number of carbonyl (C=O) groups is 4. The zero-order chi connectivity index (χ0) is 25.7. The van der Waals surface area contributed by atoms with E-state index in [4.69, 9.17) is 11.5 Å². The van der Waals surface area contributed by atoms with Crippen molar-refractivity contribution in [1.29, 1.82) is 0 Å². The molecule has 0 fully saturated rings. The third-order valence-electron chi connectivity index (χ3n) is 5.27. The van der Waals surface area contributed by atoms with Crippen LogP contribution in [-0.4, -0.2) is 65.3 Å². The van der Waals surface area contributed by atoms with E-state index in [9.17, 15) is 24.3 Å². The summed E-state index contributed by atoms with van der Waals surface area (Å²) in [4.78, 5) is 49.8. The lowest BCUT2D eigenvalue weighted by molar-refractivity contribution is -0.141. The molecule has 4 atom stereocenters. The quantitative estimate of drug-likeness (QED) is 0.130. The standard InChI is InChI=1S/C23H37N5O5S/c1-14(2)19(28-20(29)16(25)10-6-7-11-24)22(31)26-17(12-15-8-4-3-5-9-15)21(30)27-18(13-34)23(32)33/h3-5,8-9,14,16-19,34H,6-7,10-13,24-25H2,1-2H3,(H,26,31)(H,27,30)(H,28,29)(H,32,33). The Morgan fingerprint density at radius 2 is 1.56 bits per heavy atom. The van der Waals surface area contributed by atoms with Gasteiger partial charge in [-0.25, -0.2) is 4.79 Å². The Bertz CT molecular complexity index is 808. The average molecular weight is 496 g/mol. The number of nitrogens with one attached hydrogen (secondary N) is 3. The number of rotatable bonds is 15. The summed E-state index contributed by atoms with van der Waals surface area (Å²) in [6.07, 6.45) is 2.01. The molecule has 0 aromatic heterocycles. The molecule has 11 heteroatoms. The summed E-state index contributed by atoms with van der Waals surface area (Å²) in [6, 6.07) is 5.01. The number of aliphatic carboxylic acids is 1. The normalized spacial score (nSPS) is 14.5. The first kappa shape index (κ1) is 29.4. The number of amides is 3. The van der Waals surface area contributed by atoms with Crippen molar-refractivity contribution in [2.45, 2.75) is 63.7 Å². The predicted octanol–water partition coefficient (Wildman–Crippen LogP) is -0.190. The summed E-state index contributed by atoms with van der Waals surface area (Å²) in [5.74, 6) is -3.32. The summed E-state index contributed by atoms with van der Waals surface area (Å²) in [5.41, 5.74) is 12.2. The van der Waals surface area contributed by atoms with Crippen LogP contribution in [0.15, 0.2) is 30.3 Å². The topological polar surface area (TPSA) is 177 Å². The first-order valence-corrected chi connectivity index (χ1v) is 12.0. The number of thiol groups is 1. The zero-order valence-corrected chi connectivity index (χ0v) is 20.6. The largest absolute Gasteiger partial charge is 0.480 e. The highest BCUT2D eigenvalue weighted by molar-refractivity contribution is 7.80. The van der Waals surface area contributed by atoms with Gasteiger partial charge >= 0.3 is 5.97 Å². The smallest absolute Gasteiger partial charge is 0.327 e. The molecule has 0 saturated carbocycles. The van der Waals surface area contributed by atoms with Gasteiger partial charge < -0.3 is 32.5 Å². The molecule has 34 heavy (non-hydrogen) atoms. The molecule has 8 N–H and O–H groups in total. The van der Waals surface area contributed by atoms with Gasteiger partial charge in [-0.1, -0.05) is 50.6 Å². The fraction of sp³-hybridized carbons (Fsp3) is 0.565. The molecule has 0 aliphatic carbocycles. The molecular weight excluding hydrogens is 458 g/mol. The molecule has 0 aliphatic heterocycles. The van der Waals surface area contributed by atoms with Gasteiger partial charge in [-0.3, -0.25) is 14.4 Å². The summed E-state index contributed by atoms with van der Waals surface area (Å²) in [7, 11) is 0. The van der Waals surface area contributed by atoms with Crippen molar-refractivity contribution in [3.05, 3.63) is 35.9 Å². The SMILES string of the molecule is CC(C)C(NC(=O)C(N)CCCCN)C(=O)NC(Cc1ccccc1)C(=O)NC(CS)C(=O)O. The van der Waals surface area contributed by atoms with E-state index in [-0.39, 0.29) is 18.1 Å². The third-order valence-corrected chi connectivity index (χ3v) is 5.63. The van der Waals surface area contributed by atoms with Gasteiger partial charge in [-0.15, -0.1) is 0 Å². The van der Waals surface area contributed by atoms with Gasteiger partial charge in [0, 0.05) is 12.2 Å². The van der Waals surface area contributed by atoms with Crippen LogP contribution in [0.4, 0.5) is 0 Å². The summed E-state index contributed by atoms with van der Waals surface area (Å²) in [6.45, 7) is 4.03. The first-order chi connectivity index (χ1) is 16.1. The molecule has 10 nitrogen and oxygen atoms in total. The minimum Gasteiger partial charge on any atom is -0.480 e. The maximum Gasteiger partial charge on any atom is 0.327 e. The van der Waals surface area contributed by atoms with Gasteiger partial charge in [0.2, 0.25) is 17.7 Å². The molecule has 0 spiro atoms. The van der Waals surface area contributed by atoms with Gasteiger partial charge in [0.25, 0.3) is 0 Å². The van der Waals surface area contributed by atoms with Gasteiger partial charge in [0.15, 0.2) is 0 Å². The van der Waals surface area contributed by atoms with Crippen LogP contribution >= 0.6 is 12.6 Å². The molecule has 4 unspecified atom stereocenters. The van der Waals surface area contributed by atoms with Crippen molar-refractivity contribution in [3.8, 4) is 0 Å². The Morgan fingerprint density at radius 3 is 2.09 bits per heavy atom. The second-order valence-corrected chi connectivity index (χ2v) is 8.82. The highest BCUT2D eigenvalue weighted by atomic mass is 32.1. The molecule has 1 aromatic carbocycles. The average Bonchev–Trinajstić information content (AvgIpc) is 2.80. The van der Waals surface area contributed by atoms with Crippen LogP contribution in [0, 0.1) is 5.92 Å². The number of carbonyl (C=O) groups excluding carboxylic acids is 3. The number of hydrogen-bond acceptors (Lipinski definition) is 7. The lowest BCUT2D eigenvalue weighted by Gasteiger charge is -2.27. The summed E-state index contributed by atoms with van der Waals surface area (Å²) >= 11 is 3.96. The molecule has 0 radical (unpaired) electrons. The molecule has 0 saturated heterocycles. The van der Waals surface area contributed by atoms with Crippen molar-refractivity contribution in [3.63, 3.8) is 0 Å². The lowest BCUT2D eigenvalue weighted by Crippen LogP contribution is -2.59. The van der Waals surface area contributed by atoms with Gasteiger partial charge in [0.05, 0.1) is 6.04 Å². The monoisotopic (exact) mass is 495 g/mol. The lowest BCUT2D eigenvalue weighted by atomic mass is 10.00. The molecule has 190 valence electrons. The van der Waals surface area contributed by atoms with Crippen molar-refractivity contribution in [2.75, 3.05) is 12.3 Å². The van der Waals surface area contributed by atoms with Crippen LogP contribution in [0.5, 0.6) is 0 Å². The molecule has 0 bridgehead atoms. The Kier molecular flexibility index (Phi) is 13.2. The van der Waals surface area contributed by atoms with Gasteiger partial charge in [-0.05, 0) is 30.9 Å². The molecule has 0 heterocycles. The Balaban J connectivity index is 2.98. The van der Waals surface area contributed by atoms with E-state index in [0.717, 1.165) is 12.0 Å². The Morgan fingerprint density at radius 1 is 0.941 bits per heavy atom. The second kappa shape index (κ2) is 15.3. The first-order valence-electron chi connectivity index (χ1n) is 11.3. The fourth-order valence-corrected chi connectivity index (χ4v) is 3.46. The minimum atomic E-state index is -1.23. The molecule has 1 rings (SSSR count). The van der Waals surface area contributed by atoms with Crippen molar-refractivity contribution < 1.29 is 24.3 Å². The number of hydrogen-bond donors (Lipinski definition) is 7. The number of unbranched alkanes of at least 4 members (excludes halogenated alkanes) is 1. The maximum atomic E-state index is 13.1. The number of carboxylic acids is 1. The van der Waals surface area contributed by atoms with Crippen molar-refractivity contribution in [2.24, 2.45) is 17.4 Å². The van der Waals surface area contributed by atoms with Crippen molar-refractivity contribution in [1.82, 2.24) is 16.0 Å². The van der Waals surface area contributed by atoms with Crippen LogP contribution in [0.1, 0.15) is 38.7 Å². The highest BCUT2D eigenvalue weighted by Crippen LogP contribution is 2.08. The van der Waals surface area contributed by atoms with Crippen LogP contribution in [0.25, 0.3) is 0 Å². The molecule has 3 amide bonds. The van der Waals surface area contributed by atoms with E-state index in [1.54, 1.807) is 38.1 Å². The van der Waals surface area contributed by atoms with Crippen LogP contribution in [0.2, 0.25) is 0 Å². The summed E-state index contributed by atoms with van der Waals surface area (Å²) in [5, 5.41) is 17.0. The predicted molar refractivity (Wildman–Crippen MR) is 133 cm³/mol. The van der Waals surface area contributed by atoms with E-state index >= 15 is 0 Å². The van der Waals surface area contributed by atoms with Crippen molar-refractivity contribution >= 4 is 36.3 Å². The highest BCUT2D eigenvalue weighted by Gasteiger charge is 2.31. The Hall–Kier alpha value is -2.63. The fourth-order valence-electron chi connectivity index (χ4n) is 3.21. The third kappa shape index (κ3) is 10.1. The zero-order valence-electron chi connectivity index (χ0n) is 19.7. The van der Waals surface area contributed by atoms with E-state index < -0.39 is 47.9 Å². The maximum absolute atomic E-state index is 13.1. The van der Waals surface area contributed by atoms with E-state index in [2.05, 4.69) is 28.6 Å². The van der Waals surface area contributed by atoms with E-state index in [1.807, 2.05) is 6.07 Å². The Labute approximate surface area is 206 Å². The van der Waals surface area contributed by atoms with Crippen LogP contribution in [-0.2, 0) is 25.6 Å². The number of nitrogens with two attached hydrogens (primary N) is 2. The summed E-state index contributed by atoms with van der Waals surface area (Å²) < 4.78 is 0. The second-order valence-electron chi connectivity index (χ2n) is 8.45. The van der Waals surface area contributed by atoms with E-state index in [0.29, 0.717) is 19.4 Å². The molecular formula is C23H37N5O5S. The minimum absolute atomic E-state index is 0.111. The number of benzene rings is 1. The van der Waals surface area contributed by atoms with Crippen LogP contribution in [0.3, 0.4) is 0 Å². The number of carboxylic acid groups (broad SMARTS) is 1. The van der Waals surface area contributed by atoms with E-state index in [1.165, 1.54) is 0 Å². The molecule has 1 aromatic rings.